The Bertz CT molecular complexity index is 1160. The van der Waals surface area contributed by atoms with E-state index in [4.69, 9.17) is 18.9 Å². The molecule has 0 saturated carbocycles. The Morgan fingerprint density at radius 2 is 2.03 bits per heavy atom. The molecule has 2 aromatic carbocycles. The molecule has 36 heavy (non-hydrogen) atoms. The van der Waals surface area contributed by atoms with Crippen molar-refractivity contribution in [3.63, 3.8) is 0 Å². The third kappa shape index (κ3) is 7.77. The van der Waals surface area contributed by atoms with Gasteiger partial charge in [0.25, 0.3) is 15.6 Å². The Morgan fingerprint density at radius 3 is 2.72 bits per heavy atom. The molecule has 0 bridgehead atoms. The standard InChI is InChI=1S/C24H32FN2O7PS/c1-4-33-21-13-17(26-23(28)20-10-11-32-15-16(20)14-31-3)8-9-22(21)36(29,30)27-18-6-5-7-19(12-18)34-24(2,25)35/h5-9,12-13,16,20,27H,4,10-11,14-15,35H2,1-3H3,(H,26,28)/t16-,20+,24?/m1/s1. The molecule has 2 unspecified atom stereocenters. The Balaban J connectivity index is 1.80. The van der Waals surface area contributed by atoms with E-state index in [1.165, 1.54) is 43.3 Å². The van der Waals surface area contributed by atoms with Crippen molar-refractivity contribution in [2.45, 2.75) is 30.8 Å². The van der Waals surface area contributed by atoms with Crippen LogP contribution in [0.4, 0.5) is 15.8 Å². The van der Waals surface area contributed by atoms with Crippen molar-refractivity contribution < 1.29 is 36.6 Å². The highest BCUT2D eigenvalue weighted by molar-refractivity contribution is 7.92. The van der Waals surface area contributed by atoms with Gasteiger partial charge in [0.2, 0.25) is 5.91 Å². The van der Waals surface area contributed by atoms with Crippen LogP contribution in [-0.4, -0.2) is 53.5 Å². The van der Waals surface area contributed by atoms with Crippen molar-refractivity contribution >= 4 is 36.5 Å². The quantitative estimate of drug-likeness (QED) is 0.413. The highest BCUT2D eigenvalue weighted by atomic mass is 32.2. The van der Waals surface area contributed by atoms with Crippen LogP contribution >= 0.6 is 9.24 Å². The van der Waals surface area contributed by atoms with Crippen molar-refractivity contribution in [1.82, 2.24) is 0 Å². The first kappa shape index (κ1) is 28.1. The summed E-state index contributed by atoms with van der Waals surface area (Å²) in [5, 5.41) is 2.86. The molecule has 0 aliphatic carbocycles. The number of hydrogen-bond donors (Lipinski definition) is 2. The Kier molecular flexibility index (Phi) is 9.52. The van der Waals surface area contributed by atoms with Crippen LogP contribution < -0.4 is 19.5 Å². The lowest BCUT2D eigenvalue weighted by Gasteiger charge is -2.30. The molecular formula is C24H32FN2O7PS. The summed E-state index contributed by atoms with van der Waals surface area (Å²) in [5.74, 6) is -0.320. The molecule has 1 fully saturated rings. The number of amides is 1. The molecule has 198 valence electrons. The second-order valence-electron chi connectivity index (χ2n) is 8.49. The maximum Gasteiger partial charge on any atom is 0.265 e. The molecule has 12 heteroatoms. The number of halogens is 1. The minimum absolute atomic E-state index is 0.0692. The first-order valence-corrected chi connectivity index (χ1v) is 13.5. The molecular weight excluding hydrogens is 510 g/mol. The summed E-state index contributed by atoms with van der Waals surface area (Å²) >= 11 is 0. The maximum absolute atomic E-state index is 13.8. The van der Waals surface area contributed by atoms with E-state index in [2.05, 4.69) is 10.0 Å². The lowest BCUT2D eigenvalue weighted by atomic mass is 9.88. The van der Waals surface area contributed by atoms with Gasteiger partial charge in [0, 0.05) is 50.3 Å². The van der Waals surface area contributed by atoms with Gasteiger partial charge in [0.1, 0.15) is 16.4 Å². The smallest absolute Gasteiger partial charge is 0.265 e. The van der Waals surface area contributed by atoms with E-state index < -0.39 is 15.6 Å². The molecule has 9 nitrogen and oxygen atoms in total. The maximum atomic E-state index is 13.8. The monoisotopic (exact) mass is 542 g/mol. The largest absolute Gasteiger partial charge is 0.492 e. The van der Waals surface area contributed by atoms with E-state index in [9.17, 15) is 17.6 Å². The molecule has 1 aliphatic heterocycles. The number of alkyl halides is 1. The normalized spacial score (nSPS) is 19.7. The molecule has 1 aliphatic rings. The highest BCUT2D eigenvalue weighted by Gasteiger charge is 2.32. The number of rotatable bonds is 11. The van der Waals surface area contributed by atoms with E-state index >= 15 is 0 Å². The number of carbonyl (C=O) groups excluding carboxylic acids is 1. The van der Waals surface area contributed by atoms with E-state index in [1.54, 1.807) is 20.1 Å². The van der Waals surface area contributed by atoms with Gasteiger partial charge in [0.05, 0.1) is 25.5 Å². The summed E-state index contributed by atoms with van der Waals surface area (Å²) in [7, 11) is -0.595. The van der Waals surface area contributed by atoms with Gasteiger partial charge in [-0.25, -0.2) is 8.42 Å². The minimum Gasteiger partial charge on any atom is -0.492 e. The summed E-state index contributed by atoms with van der Waals surface area (Å²) in [6.07, 6.45) is 0.565. The Labute approximate surface area is 213 Å². The molecule has 1 heterocycles. The van der Waals surface area contributed by atoms with Gasteiger partial charge in [-0.2, -0.15) is 4.39 Å². The topological polar surface area (TPSA) is 112 Å². The summed E-state index contributed by atoms with van der Waals surface area (Å²) in [4.78, 5) is 12.8. The molecule has 3 rings (SSSR count). The van der Waals surface area contributed by atoms with Crippen LogP contribution in [0, 0.1) is 11.8 Å². The average molecular weight is 543 g/mol. The van der Waals surface area contributed by atoms with Gasteiger partial charge in [0.15, 0.2) is 0 Å². The van der Waals surface area contributed by atoms with Crippen molar-refractivity contribution in [3.8, 4) is 11.5 Å². The number of anilines is 2. The highest BCUT2D eigenvalue weighted by Crippen LogP contribution is 2.32. The Morgan fingerprint density at radius 1 is 1.25 bits per heavy atom. The third-order valence-electron chi connectivity index (χ3n) is 5.40. The molecule has 4 atom stereocenters. The fourth-order valence-electron chi connectivity index (χ4n) is 3.90. The van der Waals surface area contributed by atoms with Crippen LogP contribution in [0.3, 0.4) is 0 Å². The fraction of sp³-hybridized carbons (Fsp3) is 0.458. The van der Waals surface area contributed by atoms with Crippen molar-refractivity contribution in [1.29, 1.82) is 0 Å². The zero-order valence-electron chi connectivity index (χ0n) is 20.5. The molecule has 2 aromatic rings. The zero-order chi connectivity index (χ0) is 26.3. The average Bonchev–Trinajstić information content (AvgIpc) is 2.78. The molecule has 0 spiro atoms. The summed E-state index contributed by atoms with van der Waals surface area (Å²) in [5.41, 5.74) is -1.41. The third-order valence-corrected chi connectivity index (χ3v) is 6.93. The summed E-state index contributed by atoms with van der Waals surface area (Å²) in [6, 6.07) is 10.3. The van der Waals surface area contributed by atoms with Crippen molar-refractivity contribution in [2.75, 3.05) is 43.6 Å². The number of ether oxygens (including phenoxy) is 4. The molecule has 0 aromatic heterocycles. The van der Waals surface area contributed by atoms with Crippen LogP contribution in [0.15, 0.2) is 47.4 Å². The first-order chi connectivity index (χ1) is 17.0. The molecule has 2 N–H and O–H groups in total. The molecule has 1 amide bonds. The minimum atomic E-state index is -4.08. The number of hydrogen-bond acceptors (Lipinski definition) is 7. The number of sulfonamides is 1. The Hall–Kier alpha value is -2.46. The van der Waals surface area contributed by atoms with Gasteiger partial charge < -0.3 is 24.3 Å². The SMILES string of the molecule is CCOc1cc(NC(=O)[C@H]2CCOC[C@H]2COC)ccc1S(=O)(=O)Nc1cccc(OC(C)(F)P)c1. The predicted octanol–water partition coefficient (Wildman–Crippen LogP) is 4.02. The number of nitrogens with one attached hydrogen (secondary N) is 2. The van der Waals surface area contributed by atoms with Gasteiger partial charge in [-0.1, -0.05) is 15.3 Å². The van der Waals surface area contributed by atoms with E-state index in [0.29, 0.717) is 31.9 Å². The van der Waals surface area contributed by atoms with Crippen LogP contribution in [0.25, 0.3) is 0 Å². The van der Waals surface area contributed by atoms with E-state index in [0.717, 1.165) is 0 Å². The van der Waals surface area contributed by atoms with Crippen LogP contribution in [0.5, 0.6) is 11.5 Å². The summed E-state index contributed by atoms with van der Waals surface area (Å²) in [6.45, 7) is 4.47. The zero-order valence-corrected chi connectivity index (χ0v) is 22.4. The number of methoxy groups -OCH3 is 1. The van der Waals surface area contributed by atoms with Crippen LogP contribution in [0.2, 0.25) is 0 Å². The van der Waals surface area contributed by atoms with Gasteiger partial charge >= 0.3 is 0 Å². The summed E-state index contributed by atoms with van der Waals surface area (Å²) < 4.78 is 64.0. The number of benzene rings is 2. The van der Waals surface area contributed by atoms with Crippen molar-refractivity contribution in [3.05, 3.63) is 42.5 Å². The second kappa shape index (κ2) is 12.2. The van der Waals surface area contributed by atoms with E-state index in [-0.39, 0.29) is 46.4 Å². The van der Waals surface area contributed by atoms with Gasteiger partial charge in [-0.3, -0.25) is 9.52 Å². The number of carbonyl (C=O) groups is 1. The molecule has 1 saturated heterocycles. The second-order valence-corrected chi connectivity index (χ2v) is 11.2. The lowest BCUT2D eigenvalue weighted by molar-refractivity contribution is -0.127. The van der Waals surface area contributed by atoms with Gasteiger partial charge in [-0.05, 0) is 37.6 Å². The van der Waals surface area contributed by atoms with Gasteiger partial charge in [-0.15, -0.1) is 0 Å². The molecule has 0 radical (unpaired) electrons. The van der Waals surface area contributed by atoms with Crippen LogP contribution in [0.1, 0.15) is 20.3 Å². The van der Waals surface area contributed by atoms with E-state index in [1.807, 2.05) is 9.24 Å². The fourth-order valence-corrected chi connectivity index (χ4v) is 5.21. The predicted molar refractivity (Wildman–Crippen MR) is 138 cm³/mol. The van der Waals surface area contributed by atoms with Crippen LogP contribution in [-0.2, 0) is 24.3 Å². The van der Waals surface area contributed by atoms with Crippen molar-refractivity contribution in [2.24, 2.45) is 11.8 Å². The first-order valence-electron chi connectivity index (χ1n) is 11.5. The lowest BCUT2D eigenvalue weighted by Crippen LogP contribution is -2.38.